The second-order valence-electron chi connectivity index (χ2n) is 3.20. The second kappa shape index (κ2) is 4.94. The summed E-state index contributed by atoms with van der Waals surface area (Å²) in [6, 6.07) is 0. The van der Waals surface area contributed by atoms with Gasteiger partial charge >= 0.3 is 0 Å². The van der Waals surface area contributed by atoms with Gasteiger partial charge in [0, 0.05) is 0 Å². The Morgan fingerprint density at radius 1 is 1.73 bits per heavy atom. The highest BCUT2D eigenvalue weighted by Gasteiger charge is 2.35. The van der Waals surface area contributed by atoms with Crippen LogP contribution < -0.4 is 0 Å². The lowest BCUT2D eigenvalue weighted by atomic mass is 10.3. The first kappa shape index (κ1) is 13.1. The summed E-state index contributed by atoms with van der Waals surface area (Å²) in [6.45, 7) is 3.63. The lowest BCUT2D eigenvalue weighted by molar-refractivity contribution is 0.267. The van der Waals surface area contributed by atoms with Crippen molar-refractivity contribution in [2.24, 2.45) is 5.10 Å². The van der Waals surface area contributed by atoms with Crippen molar-refractivity contribution in [2.45, 2.75) is 36.8 Å². The van der Waals surface area contributed by atoms with E-state index in [-0.39, 0.29) is 4.71 Å². The van der Waals surface area contributed by atoms with Crippen LogP contribution in [0.25, 0.3) is 0 Å². The summed E-state index contributed by atoms with van der Waals surface area (Å²) < 4.78 is 31.1. The molecule has 1 N–H and O–H groups in total. The number of nitrogens with zero attached hydrogens (tertiary/aromatic N) is 2. The van der Waals surface area contributed by atoms with Gasteiger partial charge in [-0.05, 0) is 13.3 Å². The fourth-order valence-electron chi connectivity index (χ4n) is 1.31. The van der Waals surface area contributed by atoms with E-state index >= 15 is 0 Å². The highest BCUT2D eigenvalue weighted by Crippen LogP contribution is 2.32. The van der Waals surface area contributed by atoms with Crippen LogP contribution in [0.15, 0.2) is 5.10 Å². The molecule has 5 nitrogen and oxygen atoms in total. The van der Waals surface area contributed by atoms with Gasteiger partial charge < -0.3 is 0 Å². The third kappa shape index (κ3) is 3.27. The van der Waals surface area contributed by atoms with Gasteiger partial charge in [-0.3, -0.25) is 9.56 Å². The molecule has 0 aromatic rings. The number of thiol groups is 1. The van der Waals surface area contributed by atoms with Crippen LogP contribution in [0.1, 0.15) is 26.7 Å². The van der Waals surface area contributed by atoms with Gasteiger partial charge in [-0.1, -0.05) is 25.1 Å². The van der Waals surface area contributed by atoms with E-state index in [9.17, 15) is 8.42 Å². The number of hydrogen-bond acceptors (Lipinski definition) is 6. The molecule has 0 spiro atoms. The molecule has 0 aliphatic carbocycles. The zero-order valence-corrected chi connectivity index (χ0v) is 11.0. The Balaban J connectivity index is 2.91. The van der Waals surface area contributed by atoms with E-state index in [1.807, 2.05) is 6.92 Å². The van der Waals surface area contributed by atoms with Crippen molar-refractivity contribution in [3.8, 4) is 0 Å². The molecule has 2 atom stereocenters. The molecule has 0 saturated heterocycles. The monoisotopic (exact) mass is 270 g/mol. The van der Waals surface area contributed by atoms with Gasteiger partial charge in [0.1, 0.15) is 4.71 Å². The maximum atomic E-state index is 11.2. The van der Waals surface area contributed by atoms with Crippen molar-refractivity contribution in [1.29, 1.82) is 0 Å². The predicted molar refractivity (Wildman–Crippen MR) is 65.6 cm³/mol. The largest absolute Gasteiger partial charge is 0.287 e. The average molecular weight is 270 g/mol. The molecule has 2 unspecified atom stereocenters. The van der Waals surface area contributed by atoms with E-state index in [4.69, 9.17) is 4.55 Å². The standard InChI is InChI=1S/C7H14N2O3S3/c1-3-4-6(15(10,11)12)9-7(13)14-5(2)8-9/h6-7,13H,3-4H2,1-2H3,(H,10,11,12). The fraction of sp³-hybridized carbons (Fsp3) is 0.857. The number of rotatable bonds is 4. The van der Waals surface area contributed by atoms with Gasteiger partial charge in [0.15, 0.2) is 5.37 Å². The first-order valence-corrected chi connectivity index (χ1v) is 7.40. The van der Waals surface area contributed by atoms with Crippen LogP contribution in [-0.2, 0) is 10.1 Å². The topological polar surface area (TPSA) is 70.0 Å². The summed E-state index contributed by atoms with van der Waals surface area (Å²) >= 11 is 5.57. The summed E-state index contributed by atoms with van der Waals surface area (Å²) in [6.07, 6.45) is 0.994. The molecule has 0 aromatic carbocycles. The van der Waals surface area contributed by atoms with Crippen LogP contribution in [0.3, 0.4) is 0 Å². The summed E-state index contributed by atoms with van der Waals surface area (Å²) in [5, 5.41) is 5.15. The van der Waals surface area contributed by atoms with Gasteiger partial charge in [-0.2, -0.15) is 13.5 Å². The highest BCUT2D eigenvalue weighted by molar-refractivity contribution is 8.21. The maximum Gasteiger partial charge on any atom is 0.287 e. The van der Waals surface area contributed by atoms with Crippen LogP contribution in [0, 0.1) is 0 Å². The Kier molecular flexibility index (Phi) is 4.33. The summed E-state index contributed by atoms with van der Waals surface area (Å²) in [5.41, 5.74) is 0. The van der Waals surface area contributed by atoms with Gasteiger partial charge in [-0.25, -0.2) is 0 Å². The van der Waals surface area contributed by atoms with E-state index < -0.39 is 15.5 Å². The molecule has 0 bridgehead atoms. The summed E-state index contributed by atoms with van der Waals surface area (Å²) in [5.74, 6) is 0. The fourth-order valence-corrected chi connectivity index (χ4v) is 3.87. The van der Waals surface area contributed by atoms with Gasteiger partial charge in [0.25, 0.3) is 10.1 Å². The summed E-state index contributed by atoms with van der Waals surface area (Å²) in [4.78, 5) is 0. The van der Waals surface area contributed by atoms with Gasteiger partial charge in [0.05, 0.1) is 5.04 Å². The Bertz CT molecular complexity index is 354. The molecule has 15 heavy (non-hydrogen) atoms. The molecule has 0 amide bonds. The SMILES string of the molecule is CCCC(N1N=C(C)SC1S)S(=O)(=O)O. The Morgan fingerprint density at radius 2 is 2.33 bits per heavy atom. The minimum Gasteiger partial charge on any atom is -0.284 e. The van der Waals surface area contributed by atoms with Crippen LogP contribution in [0.4, 0.5) is 0 Å². The van der Waals surface area contributed by atoms with Gasteiger partial charge in [-0.15, -0.1) is 12.6 Å². The molecular weight excluding hydrogens is 256 g/mol. The van der Waals surface area contributed by atoms with Crippen molar-refractivity contribution < 1.29 is 13.0 Å². The molecule has 1 rings (SSSR count). The van der Waals surface area contributed by atoms with Crippen LogP contribution >= 0.6 is 24.4 Å². The highest BCUT2D eigenvalue weighted by atomic mass is 32.2. The van der Waals surface area contributed by atoms with Crippen molar-refractivity contribution in [2.75, 3.05) is 0 Å². The maximum absolute atomic E-state index is 11.2. The quantitative estimate of drug-likeness (QED) is 0.600. The van der Waals surface area contributed by atoms with E-state index in [2.05, 4.69) is 17.7 Å². The van der Waals surface area contributed by atoms with E-state index in [1.54, 1.807) is 6.92 Å². The Morgan fingerprint density at radius 3 is 2.67 bits per heavy atom. The molecule has 0 saturated carbocycles. The first-order chi connectivity index (χ1) is 6.86. The number of thioether (sulfide) groups is 1. The minimum atomic E-state index is -4.11. The lowest BCUT2D eigenvalue weighted by Gasteiger charge is -2.25. The third-order valence-corrected chi connectivity index (χ3v) is 4.47. The molecule has 1 aliphatic heterocycles. The first-order valence-electron chi connectivity index (χ1n) is 4.50. The predicted octanol–water partition coefficient (Wildman–Crippen LogP) is 1.60. The van der Waals surface area contributed by atoms with Crippen molar-refractivity contribution in [3.63, 3.8) is 0 Å². The smallest absolute Gasteiger partial charge is 0.284 e. The number of hydrogen-bond donors (Lipinski definition) is 2. The van der Waals surface area contributed by atoms with Crippen LogP contribution in [0.2, 0.25) is 0 Å². The molecule has 8 heteroatoms. The van der Waals surface area contributed by atoms with Crippen LogP contribution in [0.5, 0.6) is 0 Å². The Hall–Kier alpha value is 0.0800. The van der Waals surface area contributed by atoms with Crippen LogP contribution in [-0.4, -0.2) is 33.1 Å². The molecule has 1 heterocycles. The second-order valence-corrected chi connectivity index (χ2v) is 6.89. The molecule has 88 valence electrons. The molecule has 0 aromatic heterocycles. The van der Waals surface area contributed by atoms with Crippen molar-refractivity contribution in [3.05, 3.63) is 0 Å². The number of hydrazone groups is 1. The van der Waals surface area contributed by atoms with Gasteiger partial charge in [0.2, 0.25) is 0 Å². The lowest BCUT2D eigenvalue weighted by Crippen LogP contribution is -2.38. The zero-order valence-electron chi connectivity index (χ0n) is 8.49. The molecule has 0 radical (unpaired) electrons. The van der Waals surface area contributed by atoms with E-state index in [0.717, 1.165) is 5.04 Å². The molecule has 1 aliphatic rings. The normalized spacial score (nSPS) is 24.1. The summed E-state index contributed by atoms with van der Waals surface area (Å²) in [7, 11) is -4.11. The van der Waals surface area contributed by atoms with E-state index in [0.29, 0.717) is 12.8 Å². The minimum absolute atomic E-state index is 0.341. The van der Waals surface area contributed by atoms with Crippen molar-refractivity contribution >= 4 is 39.6 Å². The molecule has 0 fully saturated rings. The Labute approximate surface area is 99.5 Å². The van der Waals surface area contributed by atoms with Crippen molar-refractivity contribution in [1.82, 2.24) is 5.01 Å². The average Bonchev–Trinajstić information content (AvgIpc) is 2.39. The third-order valence-electron chi connectivity index (χ3n) is 1.93. The zero-order chi connectivity index (χ0) is 11.6. The molecular formula is C7H14N2O3S3. The van der Waals surface area contributed by atoms with E-state index in [1.165, 1.54) is 16.8 Å².